The molecule has 30 heavy (non-hydrogen) atoms. The zero-order chi connectivity index (χ0) is 21.1. The van der Waals surface area contributed by atoms with E-state index < -0.39 is 18.1 Å². The number of alkyl carbamates (subject to hydrolysis) is 1. The molecule has 1 aliphatic carbocycles. The van der Waals surface area contributed by atoms with Crippen molar-refractivity contribution in [1.82, 2.24) is 5.32 Å². The molecule has 0 heterocycles. The van der Waals surface area contributed by atoms with Crippen molar-refractivity contribution >= 4 is 23.7 Å². The van der Waals surface area contributed by atoms with E-state index in [9.17, 15) is 14.7 Å². The van der Waals surface area contributed by atoms with Gasteiger partial charge in [-0.25, -0.2) is 9.59 Å². The number of hydrogen-bond acceptors (Lipinski definition) is 3. The van der Waals surface area contributed by atoms with Crippen LogP contribution in [0.2, 0.25) is 5.02 Å². The van der Waals surface area contributed by atoms with E-state index in [2.05, 4.69) is 23.5 Å². The number of carbonyl (C=O) groups is 2. The first-order chi connectivity index (χ1) is 14.5. The number of carbonyl (C=O) groups excluding carboxylic acids is 1. The van der Waals surface area contributed by atoms with Crippen molar-refractivity contribution in [1.29, 1.82) is 0 Å². The first-order valence-corrected chi connectivity index (χ1v) is 9.98. The molecule has 0 fully saturated rings. The van der Waals surface area contributed by atoms with Gasteiger partial charge in [0.15, 0.2) is 0 Å². The van der Waals surface area contributed by atoms with Gasteiger partial charge in [-0.3, -0.25) is 0 Å². The van der Waals surface area contributed by atoms with Crippen LogP contribution < -0.4 is 5.32 Å². The maximum atomic E-state index is 12.3. The quantitative estimate of drug-likeness (QED) is 0.467. The average Bonchev–Trinajstić information content (AvgIpc) is 3.12. The average molecular weight is 422 g/mol. The van der Waals surface area contributed by atoms with Crippen LogP contribution in [0.3, 0.4) is 0 Å². The molecule has 1 aliphatic rings. The van der Waals surface area contributed by atoms with Gasteiger partial charge in [0.2, 0.25) is 0 Å². The zero-order valence-electron chi connectivity index (χ0n) is 16.1. The monoisotopic (exact) mass is 421 g/mol. The number of hydrogen-bond donors (Lipinski definition) is 2. The largest absolute Gasteiger partial charge is 0.480 e. The highest BCUT2D eigenvalue weighted by Gasteiger charge is 2.23. The van der Waals surface area contributed by atoms with Crippen LogP contribution >= 0.6 is 11.6 Å². The first-order valence-electron chi connectivity index (χ1n) is 9.61. The molecule has 6 heteroatoms. The number of benzene rings is 3. The predicted octanol–water partition coefficient (Wildman–Crippen LogP) is 4.83. The van der Waals surface area contributed by atoms with Crippen molar-refractivity contribution in [3.63, 3.8) is 0 Å². The number of carboxylic acids is 1. The van der Waals surface area contributed by atoms with Gasteiger partial charge in [-0.05, 0) is 51.9 Å². The summed E-state index contributed by atoms with van der Waals surface area (Å²) in [4.78, 5) is 23.8. The minimum atomic E-state index is -1.13. The lowest BCUT2D eigenvalue weighted by atomic mass is 10.0. The number of nitrogens with one attached hydrogen (secondary N) is 1. The van der Waals surface area contributed by atoms with Gasteiger partial charge < -0.3 is 15.2 Å². The third-order valence-corrected chi connectivity index (χ3v) is 5.50. The smallest absolute Gasteiger partial charge is 0.408 e. The standard InChI is InChI=1S/C24H20ClNO4/c25-18-10-8-15(9-11-18)12-22(23(27)28)26-24(29)30-14-17-5-3-7-20-19-6-2-1-4-16(19)13-21(17)20/h1-11,22H,12-14H2,(H,26,29)(H,27,28)/t22-/m0/s1. The van der Waals surface area contributed by atoms with Crippen molar-refractivity contribution in [2.45, 2.75) is 25.5 Å². The van der Waals surface area contributed by atoms with Crippen molar-refractivity contribution in [2.24, 2.45) is 0 Å². The van der Waals surface area contributed by atoms with E-state index in [4.69, 9.17) is 16.3 Å². The van der Waals surface area contributed by atoms with Crippen LogP contribution in [0.5, 0.6) is 0 Å². The summed E-state index contributed by atoms with van der Waals surface area (Å²) in [6.07, 6.45) is 0.169. The fourth-order valence-electron chi connectivity index (χ4n) is 3.74. The van der Waals surface area contributed by atoms with Crippen LogP contribution in [-0.4, -0.2) is 23.2 Å². The molecule has 0 unspecified atom stereocenters. The van der Waals surface area contributed by atoms with E-state index in [1.165, 1.54) is 11.1 Å². The minimum Gasteiger partial charge on any atom is -0.480 e. The SMILES string of the molecule is O=C(N[C@@H](Cc1ccc(Cl)cc1)C(=O)O)OCc1cccc2c1Cc1ccccc1-2. The highest BCUT2D eigenvalue weighted by molar-refractivity contribution is 6.30. The van der Waals surface area contributed by atoms with Crippen LogP contribution in [0.1, 0.15) is 22.3 Å². The Bertz CT molecular complexity index is 1090. The summed E-state index contributed by atoms with van der Waals surface area (Å²) in [5, 5.41) is 12.5. The molecule has 3 aromatic rings. The van der Waals surface area contributed by atoms with Crippen LogP contribution in [0.4, 0.5) is 4.79 Å². The number of rotatable bonds is 6. The third-order valence-electron chi connectivity index (χ3n) is 5.25. The number of carboxylic acid groups (broad SMARTS) is 1. The molecule has 1 amide bonds. The van der Waals surface area contributed by atoms with Crippen LogP contribution in [0.15, 0.2) is 66.7 Å². The van der Waals surface area contributed by atoms with Gasteiger partial charge >= 0.3 is 12.1 Å². The Balaban J connectivity index is 1.40. The van der Waals surface area contributed by atoms with E-state index in [1.54, 1.807) is 24.3 Å². The van der Waals surface area contributed by atoms with Gasteiger partial charge in [0, 0.05) is 11.4 Å². The zero-order valence-corrected chi connectivity index (χ0v) is 16.9. The summed E-state index contributed by atoms with van der Waals surface area (Å²) in [6, 6.07) is 19.9. The summed E-state index contributed by atoms with van der Waals surface area (Å²) >= 11 is 5.86. The van der Waals surface area contributed by atoms with Crippen molar-refractivity contribution in [3.8, 4) is 11.1 Å². The molecule has 3 aromatic carbocycles. The fourth-order valence-corrected chi connectivity index (χ4v) is 3.87. The van der Waals surface area contributed by atoms with Crippen LogP contribution in [0.25, 0.3) is 11.1 Å². The number of aliphatic carboxylic acids is 1. The first kappa shape index (κ1) is 20.0. The highest BCUT2D eigenvalue weighted by atomic mass is 35.5. The molecule has 1 atom stereocenters. The van der Waals surface area contributed by atoms with E-state index in [1.807, 2.05) is 24.3 Å². The second kappa shape index (κ2) is 8.59. The molecule has 4 rings (SSSR count). The molecule has 0 aromatic heterocycles. The van der Waals surface area contributed by atoms with Crippen molar-refractivity contribution in [2.75, 3.05) is 0 Å². The molecular weight excluding hydrogens is 402 g/mol. The summed E-state index contributed by atoms with van der Waals surface area (Å²) in [6.45, 7) is 0.0796. The van der Waals surface area contributed by atoms with Crippen LogP contribution in [-0.2, 0) is 29.0 Å². The summed E-state index contributed by atoms with van der Waals surface area (Å²) in [5.41, 5.74) is 6.42. The van der Waals surface area contributed by atoms with E-state index in [0.29, 0.717) is 5.02 Å². The number of amides is 1. The van der Waals surface area contributed by atoms with Crippen molar-refractivity contribution in [3.05, 3.63) is 94.0 Å². The second-order valence-electron chi connectivity index (χ2n) is 7.22. The third kappa shape index (κ3) is 4.31. The normalized spacial score (nSPS) is 12.6. The molecule has 0 saturated carbocycles. The van der Waals surface area contributed by atoms with Gasteiger partial charge in [-0.2, -0.15) is 0 Å². The van der Waals surface area contributed by atoms with Crippen molar-refractivity contribution < 1.29 is 19.4 Å². The number of ether oxygens (including phenoxy) is 1. The van der Waals surface area contributed by atoms with E-state index in [0.717, 1.165) is 28.7 Å². The molecule has 0 spiro atoms. The highest BCUT2D eigenvalue weighted by Crippen LogP contribution is 2.38. The topological polar surface area (TPSA) is 75.6 Å². The van der Waals surface area contributed by atoms with Gasteiger partial charge in [-0.15, -0.1) is 0 Å². The van der Waals surface area contributed by atoms with E-state index >= 15 is 0 Å². The van der Waals surface area contributed by atoms with Gasteiger partial charge in [-0.1, -0.05) is 66.2 Å². The Kier molecular flexibility index (Phi) is 5.72. The molecule has 0 radical (unpaired) electrons. The summed E-state index contributed by atoms with van der Waals surface area (Å²) in [5.74, 6) is -1.13. The predicted molar refractivity (Wildman–Crippen MR) is 115 cm³/mol. The molecule has 2 N–H and O–H groups in total. The Morgan fingerprint density at radius 1 is 1.00 bits per heavy atom. The molecule has 5 nitrogen and oxygen atoms in total. The maximum Gasteiger partial charge on any atom is 0.408 e. The Labute approximate surface area is 179 Å². The fraction of sp³-hybridized carbons (Fsp3) is 0.167. The lowest BCUT2D eigenvalue weighted by Gasteiger charge is -2.15. The van der Waals surface area contributed by atoms with Crippen LogP contribution in [0, 0.1) is 0 Å². The Morgan fingerprint density at radius 2 is 1.73 bits per heavy atom. The molecule has 0 aliphatic heterocycles. The number of halogens is 1. The summed E-state index contributed by atoms with van der Waals surface area (Å²) < 4.78 is 5.36. The Hall–Kier alpha value is -3.31. The van der Waals surface area contributed by atoms with Gasteiger partial charge in [0.25, 0.3) is 0 Å². The Morgan fingerprint density at radius 3 is 2.50 bits per heavy atom. The number of fused-ring (bicyclic) bond motifs is 3. The molecular formula is C24H20ClNO4. The molecule has 0 saturated heterocycles. The lowest BCUT2D eigenvalue weighted by molar-refractivity contribution is -0.139. The summed E-state index contributed by atoms with van der Waals surface area (Å²) in [7, 11) is 0. The molecule has 152 valence electrons. The lowest BCUT2D eigenvalue weighted by Crippen LogP contribution is -2.42. The van der Waals surface area contributed by atoms with Gasteiger partial charge in [0.1, 0.15) is 12.6 Å². The van der Waals surface area contributed by atoms with E-state index in [-0.39, 0.29) is 13.0 Å². The molecule has 0 bridgehead atoms. The minimum absolute atomic E-state index is 0.0796. The van der Waals surface area contributed by atoms with Gasteiger partial charge in [0.05, 0.1) is 0 Å². The second-order valence-corrected chi connectivity index (χ2v) is 7.66. The maximum absolute atomic E-state index is 12.3.